The van der Waals surface area contributed by atoms with Crippen molar-refractivity contribution in [1.29, 1.82) is 0 Å². The lowest BCUT2D eigenvalue weighted by atomic mass is 10.1. The maximum absolute atomic E-state index is 10.7. The van der Waals surface area contributed by atoms with E-state index < -0.39 is 11.7 Å². The molecule has 0 fully saturated rings. The summed E-state index contributed by atoms with van der Waals surface area (Å²) < 4.78 is 9.25. The van der Waals surface area contributed by atoms with Crippen LogP contribution in [0.5, 0.6) is 0 Å². The van der Waals surface area contributed by atoms with Crippen LogP contribution < -0.4 is 0 Å². The van der Waals surface area contributed by atoms with Crippen molar-refractivity contribution in [3.8, 4) is 0 Å². The van der Waals surface area contributed by atoms with E-state index in [1.165, 1.54) is 0 Å². The van der Waals surface area contributed by atoms with Gasteiger partial charge in [-0.3, -0.25) is 0 Å². The number of carbonyl (C=O) groups is 1. The molecule has 4 heteroatoms. The summed E-state index contributed by atoms with van der Waals surface area (Å²) in [5, 5.41) is 0. The van der Waals surface area contributed by atoms with Gasteiger partial charge >= 0.3 is 6.16 Å². The molecule has 72 valence electrons. The molecule has 0 bridgehead atoms. The molecule has 12 heavy (non-hydrogen) atoms. The Morgan fingerprint density at radius 3 is 2.42 bits per heavy atom. The highest BCUT2D eigenvalue weighted by atomic mass is 35.5. The van der Waals surface area contributed by atoms with E-state index in [2.05, 4.69) is 18.6 Å². The normalized spacial score (nSPS) is 12.8. The second-order valence-electron chi connectivity index (χ2n) is 2.94. The zero-order valence-electron chi connectivity index (χ0n) is 7.67. The van der Waals surface area contributed by atoms with Crippen molar-refractivity contribution >= 4 is 17.8 Å². The number of alkyl halides is 1. The molecule has 0 heterocycles. The van der Waals surface area contributed by atoms with Gasteiger partial charge in [-0.25, -0.2) is 4.79 Å². The van der Waals surface area contributed by atoms with Crippen LogP contribution in [0.3, 0.4) is 0 Å². The van der Waals surface area contributed by atoms with E-state index in [1.54, 1.807) is 6.92 Å². The predicted octanol–water partition coefficient (Wildman–Crippen LogP) is 2.77. The van der Waals surface area contributed by atoms with Crippen LogP contribution in [0.4, 0.5) is 4.79 Å². The third kappa shape index (κ3) is 7.66. The van der Waals surface area contributed by atoms with Crippen molar-refractivity contribution in [3.63, 3.8) is 0 Å². The Labute approximate surface area is 78.0 Å². The van der Waals surface area contributed by atoms with E-state index in [1.807, 2.05) is 0 Å². The topological polar surface area (TPSA) is 35.5 Å². The maximum atomic E-state index is 10.7. The van der Waals surface area contributed by atoms with Gasteiger partial charge in [0, 0.05) is 0 Å². The molecule has 1 unspecified atom stereocenters. The lowest BCUT2D eigenvalue weighted by molar-refractivity contribution is 0.0470. The molecule has 0 saturated carbocycles. The van der Waals surface area contributed by atoms with Crippen LogP contribution in [-0.4, -0.2) is 18.3 Å². The molecule has 0 rings (SSSR count). The number of hydrogen-bond donors (Lipinski definition) is 0. The fourth-order valence-electron chi connectivity index (χ4n) is 0.545. The summed E-state index contributed by atoms with van der Waals surface area (Å²) in [4.78, 5) is 10.7. The molecule has 0 spiro atoms. The Hall–Kier alpha value is -0.440. The molecule has 1 atom stereocenters. The van der Waals surface area contributed by atoms with Gasteiger partial charge in [-0.1, -0.05) is 25.4 Å². The van der Waals surface area contributed by atoms with Gasteiger partial charge in [0.25, 0.3) is 0 Å². The molecule has 0 N–H and O–H groups in total. The van der Waals surface area contributed by atoms with Gasteiger partial charge in [0.2, 0.25) is 0 Å². The van der Waals surface area contributed by atoms with Crippen molar-refractivity contribution in [2.75, 3.05) is 6.61 Å². The average Bonchev–Trinajstić information content (AvgIpc) is 1.84. The lowest BCUT2D eigenvalue weighted by Crippen LogP contribution is -2.12. The summed E-state index contributed by atoms with van der Waals surface area (Å²) >= 11 is 5.39. The van der Waals surface area contributed by atoms with Gasteiger partial charge in [-0.2, -0.15) is 0 Å². The second-order valence-corrected chi connectivity index (χ2v) is 3.56. The van der Waals surface area contributed by atoms with Crippen LogP contribution in [0.2, 0.25) is 0 Å². The third-order valence-corrected chi connectivity index (χ3v) is 1.26. The molecule has 0 aromatic heterocycles. The van der Waals surface area contributed by atoms with Gasteiger partial charge in [-0.05, 0) is 19.3 Å². The quantitative estimate of drug-likeness (QED) is 0.510. The Morgan fingerprint density at radius 1 is 1.42 bits per heavy atom. The molecule has 0 aromatic rings. The van der Waals surface area contributed by atoms with Crippen LogP contribution in [0.15, 0.2) is 0 Å². The third-order valence-electron chi connectivity index (χ3n) is 1.17. The minimum absolute atomic E-state index is 0.389. The molecule has 0 amide bonds. The Kier molecular flexibility index (Phi) is 5.89. The average molecular weight is 195 g/mol. The Bertz CT molecular complexity index is 134. The van der Waals surface area contributed by atoms with Gasteiger partial charge in [0.15, 0.2) is 5.56 Å². The zero-order chi connectivity index (χ0) is 9.56. The monoisotopic (exact) mass is 194 g/mol. The highest BCUT2D eigenvalue weighted by molar-refractivity contribution is 6.19. The molecule has 3 nitrogen and oxygen atoms in total. The highest BCUT2D eigenvalue weighted by Crippen LogP contribution is 2.02. The Balaban J connectivity index is 3.32. The van der Waals surface area contributed by atoms with E-state index in [0.717, 1.165) is 6.42 Å². The van der Waals surface area contributed by atoms with Crippen LogP contribution in [0.1, 0.15) is 27.2 Å². The summed E-state index contributed by atoms with van der Waals surface area (Å²) in [7, 11) is 0. The number of carbonyl (C=O) groups excluding carboxylic acids is 1. The van der Waals surface area contributed by atoms with Gasteiger partial charge in [-0.15, -0.1) is 0 Å². The van der Waals surface area contributed by atoms with Gasteiger partial charge in [0.05, 0.1) is 6.61 Å². The van der Waals surface area contributed by atoms with Crippen molar-refractivity contribution in [2.24, 2.45) is 5.92 Å². The van der Waals surface area contributed by atoms with Crippen LogP contribution >= 0.6 is 11.6 Å². The summed E-state index contributed by atoms with van der Waals surface area (Å²) in [6, 6.07) is 0. The van der Waals surface area contributed by atoms with Gasteiger partial charge in [0.1, 0.15) is 0 Å². The van der Waals surface area contributed by atoms with Crippen LogP contribution in [-0.2, 0) is 9.47 Å². The second kappa shape index (κ2) is 6.12. The molecule has 0 aliphatic rings. The summed E-state index contributed by atoms with van der Waals surface area (Å²) in [5.74, 6) is 0.520. The minimum atomic E-state index is -0.696. The van der Waals surface area contributed by atoms with Crippen molar-refractivity contribution < 1.29 is 14.3 Å². The number of halogens is 1. The van der Waals surface area contributed by atoms with E-state index in [4.69, 9.17) is 16.3 Å². The van der Waals surface area contributed by atoms with Crippen LogP contribution in [0.25, 0.3) is 0 Å². The van der Waals surface area contributed by atoms with E-state index >= 15 is 0 Å². The Morgan fingerprint density at radius 2 is 2.00 bits per heavy atom. The molecule has 0 aliphatic carbocycles. The van der Waals surface area contributed by atoms with E-state index in [0.29, 0.717) is 12.5 Å². The van der Waals surface area contributed by atoms with Crippen molar-refractivity contribution in [1.82, 2.24) is 0 Å². The standard InChI is InChI=1S/C8H15ClO3/c1-6(2)4-5-11-8(10)12-7(3)9/h6-7H,4-5H2,1-3H3. The first-order valence-electron chi connectivity index (χ1n) is 4.00. The van der Waals surface area contributed by atoms with Crippen molar-refractivity contribution in [2.45, 2.75) is 32.8 Å². The minimum Gasteiger partial charge on any atom is -0.434 e. The first kappa shape index (κ1) is 11.6. The maximum Gasteiger partial charge on any atom is 0.509 e. The van der Waals surface area contributed by atoms with Gasteiger partial charge < -0.3 is 9.47 Å². The number of hydrogen-bond acceptors (Lipinski definition) is 3. The highest BCUT2D eigenvalue weighted by Gasteiger charge is 2.07. The summed E-state index contributed by atoms with van der Waals surface area (Å²) in [6.45, 7) is 6.06. The molecule has 0 radical (unpaired) electrons. The smallest absolute Gasteiger partial charge is 0.434 e. The zero-order valence-corrected chi connectivity index (χ0v) is 8.43. The lowest BCUT2D eigenvalue weighted by Gasteiger charge is -2.08. The summed E-state index contributed by atoms with van der Waals surface area (Å²) in [5.41, 5.74) is -0.628. The fourth-order valence-corrected chi connectivity index (χ4v) is 0.617. The van der Waals surface area contributed by atoms with Crippen LogP contribution in [0, 0.1) is 5.92 Å². The number of ether oxygens (including phenoxy) is 2. The molecule has 0 saturated heterocycles. The molecule has 0 aliphatic heterocycles. The molecular weight excluding hydrogens is 180 g/mol. The first-order valence-corrected chi connectivity index (χ1v) is 4.43. The van der Waals surface area contributed by atoms with Crippen molar-refractivity contribution in [3.05, 3.63) is 0 Å². The first-order chi connectivity index (χ1) is 5.52. The van der Waals surface area contributed by atoms with E-state index in [-0.39, 0.29) is 0 Å². The van der Waals surface area contributed by atoms with E-state index in [9.17, 15) is 4.79 Å². The number of rotatable bonds is 4. The predicted molar refractivity (Wildman–Crippen MR) is 47.2 cm³/mol. The largest absolute Gasteiger partial charge is 0.509 e. The molecular formula is C8H15ClO3. The summed E-state index contributed by atoms with van der Waals surface area (Å²) in [6.07, 6.45) is 0.143. The molecule has 0 aromatic carbocycles. The fraction of sp³-hybridized carbons (Fsp3) is 0.875. The SMILES string of the molecule is CC(C)CCOC(=O)OC(C)Cl.